The first-order valence-corrected chi connectivity index (χ1v) is 8.16. The number of hydrogen-bond acceptors (Lipinski definition) is 5. The molecular weight excluding hydrogens is 266 g/mol. The van der Waals surface area contributed by atoms with E-state index in [1.807, 2.05) is 6.92 Å². The van der Waals surface area contributed by atoms with E-state index in [-0.39, 0.29) is 17.3 Å². The Kier molecular flexibility index (Phi) is 4.19. The van der Waals surface area contributed by atoms with E-state index in [9.17, 15) is 13.2 Å². The highest BCUT2D eigenvalue weighted by Gasteiger charge is 2.33. The maximum atomic E-state index is 12.2. The van der Waals surface area contributed by atoms with Crippen LogP contribution in [0.15, 0.2) is 18.5 Å². The first-order valence-electron chi connectivity index (χ1n) is 6.34. The number of rotatable bonds is 5. The van der Waals surface area contributed by atoms with Gasteiger partial charge in [-0.25, -0.2) is 8.42 Å². The van der Waals surface area contributed by atoms with Crippen molar-refractivity contribution in [2.45, 2.75) is 19.8 Å². The van der Waals surface area contributed by atoms with Crippen molar-refractivity contribution >= 4 is 15.6 Å². The molecule has 0 radical (unpaired) electrons. The lowest BCUT2D eigenvalue weighted by atomic mass is 9.98. The zero-order valence-corrected chi connectivity index (χ0v) is 11.6. The monoisotopic (exact) mass is 283 g/mol. The van der Waals surface area contributed by atoms with Crippen molar-refractivity contribution in [2.24, 2.45) is 5.92 Å². The van der Waals surface area contributed by atoms with Crippen molar-refractivity contribution in [2.75, 3.05) is 18.1 Å². The molecule has 19 heavy (non-hydrogen) atoms. The van der Waals surface area contributed by atoms with Crippen molar-refractivity contribution in [3.63, 3.8) is 0 Å². The number of aromatic nitrogens is 1. The summed E-state index contributed by atoms with van der Waals surface area (Å²) >= 11 is 0. The van der Waals surface area contributed by atoms with Crippen LogP contribution in [0, 0.1) is 5.92 Å². The average Bonchev–Trinajstić information content (AvgIpc) is 2.76. The number of ether oxygens (including phenoxy) is 1. The molecular formula is C13H17NO4S. The molecule has 0 aromatic carbocycles. The minimum atomic E-state index is -3.05. The molecule has 1 aromatic rings. The summed E-state index contributed by atoms with van der Waals surface area (Å²) in [5.74, 6) is 0.00617. The van der Waals surface area contributed by atoms with Crippen LogP contribution in [0.5, 0.6) is 5.75 Å². The largest absolute Gasteiger partial charge is 0.492 e. The summed E-state index contributed by atoms with van der Waals surface area (Å²) < 4.78 is 28.2. The molecule has 1 atom stereocenters. The number of hydrogen-bond donors (Lipinski definition) is 0. The first-order chi connectivity index (χ1) is 9.02. The molecule has 2 heterocycles. The SMILES string of the molecule is CCCOc1cncc(C(=O)C2CCS(=O)(=O)C2)c1. The molecule has 1 unspecified atom stereocenters. The molecule has 1 saturated heterocycles. The lowest BCUT2D eigenvalue weighted by Crippen LogP contribution is -2.16. The van der Waals surface area contributed by atoms with E-state index >= 15 is 0 Å². The zero-order chi connectivity index (χ0) is 13.9. The number of carbonyl (C=O) groups is 1. The van der Waals surface area contributed by atoms with Gasteiger partial charge in [0.25, 0.3) is 0 Å². The quantitative estimate of drug-likeness (QED) is 0.765. The van der Waals surface area contributed by atoms with Gasteiger partial charge in [0.15, 0.2) is 15.6 Å². The van der Waals surface area contributed by atoms with Crippen LogP contribution in [-0.2, 0) is 9.84 Å². The Labute approximate surface area is 112 Å². The molecule has 1 aliphatic rings. The molecule has 1 fully saturated rings. The fraction of sp³-hybridized carbons (Fsp3) is 0.538. The zero-order valence-electron chi connectivity index (χ0n) is 10.8. The van der Waals surface area contributed by atoms with Crippen LogP contribution in [0.4, 0.5) is 0 Å². The third-order valence-electron chi connectivity index (χ3n) is 3.07. The molecule has 2 rings (SSSR count). The van der Waals surface area contributed by atoms with Crippen LogP contribution in [-0.4, -0.2) is 37.3 Å². The molecule has 0 spiro atoms. The van der Waals surface area contributed by atoms with Crippen LogP contribution < -0.4 is 4.74 Å². The number of Topliss-reactive ketones (excluding diaryl/α,β-unsaturated/α-hetero) is 1. The third-order valence-corrected chi connectivity index (χ3v) is 4.84. The van der Waals surface area contributed by atoms with Gasteiger partial charge in [-0.1, -0.05) is 6.92 Å². The number of ketones is 1. The molecule has 1 aromatic heterocycles. The summed E-state index contributed by atoms with van der Waals surface area (Å²) in [4.78, 5) is 16.2. The van der Waals surface area contributed by atoms with Crippen molar-refractivity contribution in [1.82, 2.24) is 4.98 Å². The first kappa shape index (κ1) is 14.0. The van der Waals surface area contributed by atoms with Crippen LogP contribution in [0.3, 0.4) is 0 Å². The van der Waals surface area contributed by atoms with Gasteiger partial charge in [0.2, 0.25) is 0 Å². The second-order valence-corrected chi connectivity index (χ2v) is 6.95. The van der Waals surface area contributed by atoms with Gasteiger partial charge < -0.3 is 4.74 Å². The van der Waals surface area contributed by atoms with E-state index in [1.165, 1.54) is 6.20 Å². The standard InChI is InChI=1S/C13H17NO4S/c1-2-4-18-12-6-11(7-14-8-12)13(15)10-3-5-19(16,17)9-10/h6-8,10H,2-5,9H2,1H3. The summed E-state index contributed by atoms with van der Waals surface area (Å²) in [7, 11) is -3.05. The second-order valence-electron chi connectivity index (χ2n) is 4.72. The summed E-state index contributed by atoms with van der Waals surface area (Å²) in [6.07, 6.45) is 4.30. The molecule has 0 saturated carbocycles. The van der Waals surface area contributed by atoms with Gasteiger partial charge in [0.1, 0.15) is 5.75 Å². The molecule has 5 nitrogen and oxygen atoms in total. The third kappa shape index (κ3) is 3.53. The highest BCUT2D eigenvalue weighted by molar-refractivity contribution is 7.91. The van der Waals surface area contributed by atoms with Gasteiger partial charge in [0.05, 0.1) is 24.3 Å². The van der Waals surface area contributed by atoms with E-state index < -0.39 is 15.8 Å². The second kappa shape index (κ2) is 5.69. The van der Waals surface area contributed by atoms with Gasteiger partial charge in [-0.3, -0.25) is 9.78 Å². The summed E-state index contributed by atoms with van der Waals surface area (Å²) in [6.45, 7) is 2.56. The smallest absolute Gasteiger partial charge is 0.168 e. The predicted molar refractivity (Wildman–Crippen MR) is 71.1 cm³/mol. The van der Waals surface area contributed by atoms with E-state index in [0.717, 1.165) is 6.42 Å². The van der Waals surface area contributed by atoms with Crippen molar-refractivity contribution < 1.29 is 17.9 Å². The molecule has 0 bridgehead atoms. The Balaban J connectivity index is 2.11. The Morgan fingerprint density at radius 3 is 2.89 bits per heavy atom. The Morgan fingerprint density at radius 1 is 1.47 bits per heavy atom. The van der Waals surface area contributed by atoms with Crippen LogP contribution in [0.25, 0.3) is 0 Å². The lowest BCUT2D eigenvalue weighted by molar-refractivity contribution is 0.0932. The van der Waals surface area contributed by atoms with E-state index in [4.69, 9.17) is 4.74 Å². The molecule has 0 N–H and O–H groups in total. The highest BCUT2D eigenvalue weighted by atomic mass is 32.2. The summed E-state index contributed by atoms with van der Waals surface area (Å²) in [5, 5.41) is 0. The van der Waals surface area contributed by atoms with Crippen molar-refractivity contribution in [1.29, 1.82) is 0 Å². The van der Waals surface area contributed by atoms with E-state index in [1.54, 1.807) is 12.3 Å². The van der Waals surface area contributed by atoms with Crippen molar-refractivity contribution in [3.8, 4) is 5.75 Å². The Morgan fingerprint density at radius 2 is 2.26 bits per heavy atom. The minimum Gasteiger partial charge on any atom is -0.492 e. The maximum absolute atomic E-state index is 12.2. The minimum absolute atomic E-state index is 0.0497. The Hall–Kier alpha value is -1.43. The molecule has 1 aliphatic heterocycles. The van der Waals surface area contributed by atoms with Gasteiger partial charge in [-0.05, 0) is 18.9 Å². The predicted octanol–water partition coefficient (Wildman–Crippen LogP) is 1.49. The fourth-order valence-electron chi connectivity index (χ4n) is 2.09. The summed E-state index contributed by atoms with van der Waals surface area (Å²) in [6, 6.07) is 1.63. The molecule has 0 amide bonds. The number of carbonyl (C=O) groups excluding carboxylic acids is 1. The topological polar surface area (TPSA) is 73.3 Å². The van der Waals surface area contributed by atoms with Gasteiger partial charge in [0, 0.05) is 17.7 Å². The van der Waals surface area contributed by atoms with Crippen LogP contribution >= 0.6 is 0 Å². The van der Waals surface area contributed by atoms with E-state index in [0.29, 0.717) is 24.3 Å². The van der Waals surface area contributed by atoms with Crippen molar-refractivity contribution in [3.05, 3.63) is 24.0 Å². The van der Waals surface area contributed by atoms with Crippen LogP contribution in [0.1, 0.15) is 30.1 Å². The molecule has 104 valence electrons. The van der Waals surface area contributed by atoms with Gasteiger partial charge in [-0.15, -0.1) is 0 Å². The fourth-order valence-corrected chi connectivity index (χ4v) is 3.83. The molecule has 6 heteroatoms. The lowest BCUT2D eigenvalue weighted by Gasteiger charge is -2.08. The number of nitrogens with zero attached hydrogens (tertiary/aromatic N) is 1. The van der Waals surface area contributed by atoms with E-state index in [2.05, 4.69) is 4.98 Å². The van der Waals surface area contributed by atoms with Gasteiger partial charge >= 0.3 is 0 Å². The molecule has 0 aliphatic carbocycles. The normalized spacial score (nSPS) is 21.2. The average molecular weight is 283 g/mol. The number of pyridine rings is 1. The maximum Gasteiger partial charge on any atom is 0.168 e. The summed E-state index contributed by atoms with van der Waals surface area (Å²) in [5.41, 5.74) is 0.427. The van der Waals surface area contributed by atoms with Gasteiger partial charge in [-0.2, -0.15) is 0 Å². The Bertz CT molecular complexity index is 568. The number of sulfone groups is 1. The highest BCUT2D eigenvalue weighted by Crippen LogP contribution is 2.23. The van der Waals surface area contributed by atoms with Crippen LogP contribution in [0.2, 0.25) is 0 Å².